The number of aromatic nitrogens is 1. The third kappa shape index (κ3) is 2.45. The van der Waals surface area contributed by atoms with E-state index in [1.807, 2.05) is 6.07 Å². The van der Waals surface area contributed by atoms with Crippen LogP contribution in [0, 0.1) is 0 Å². The number of aliphatic hydroxyl groups is 1. The molecule has 1 heterocycles. The maximum absolute atomic E-state index is 8.94. The quantitative estimate of drug-likeness (QED) is 0.720. The van der Waals surface area contributed by atoms with Gasteiger partial charge >= 0.3 is 0 Å². The van der Waals surface area contributed by atoms with Gasteiger partial charge in [0.25, 0.3) is 0 Å². The molecule has 2 nitrogen and oxygen atoms in total. The molecule has 1 aromatic rings. The van der Waals surface area contributed by atoms with Crippen LogP contribution in [-0.2, 0) is 6.42 Å². The monoisotopic (exact) mass is 157 g/mol. The van der Waals surface area contributed by atoms with Crippen LogP contribution in [0.2, 0.25) is 0 Å². The van der Waals surface area contributed by atoms with Crippen LogP contribution in [0.1, 0.15) is 18.2 Å². The molecule has 0 spiro atoms. The Morgan fingerprint density at radius 1 is 1.80 bits per heavy atom. The Balaban J connectivity index is 2.28. The van der Waals surface area contributed by atoms with Crippen molar-refractivity contribution in [1.29, 1.82) is 0 Å². The van der Waals surface area contributed by atoms with Gasteiger partial charge in [0.1, 0.15) is 0 Å². The van der Waals surface area contributed by atoms with Crippen LogP contribution < -0.4 is 0 Å². The minimum Gasteiger partial charge on any atom is -0.393 e. The molecule has 1 unspecified atom stereocenters. The molecule has 0 aromatic carbocycles. The van der Waals surface area contributed by atoms with Crippen LogP contribution in [0.15, 0.2) is 12.3 Å². The van der Waals surface area contributed by atoms with Crippen LogP contribution in [0.3, 0.4) is 0 Å². The molecule has 0 saturated carbocycles. The molecule has 3 heteroatoms. The van der Waals surface area contributed by atoms with Crippen molar-refractivity contribution in [3.05, 3.63) is 17.1 Å². The maximum Gasteiger partial charge on any atom is 0.0515 e. The summed E-state index contributed by atoms with van der Waals surface area (Å²) in [7, 11) is 0. The summed E-state index contributed by atoms with van der Waals surface area (Å²) in [5.74, 6) is 0. The molecule has 0 bridgehead atoms. The van der Waals surface area contributed by atoms with E-state index in [1.165, 1.54) is 16.4 Å². The first-order chi connectivity index (χ1) is 4.79. The lowest BCUT2D eigenvalue weighted by Gasteiger charge is -1.99. The predicted molar refractivity (Wildman–Crippen MR) is 42.1 cm³/mol. The van der Waals surface area contributed by atoms with E-state index in [1.54, 1.807) is 13.1 Å². The van der Waals surface area contributed by atoms with Crippen molar-refractivity contribution >= 4 is 11.5 Å². The van der Waals surface area contributed by atoms with Gasteiger partial charge in [-0.25, -0.2) is 4.37 Å². The van der Waals surface area contributed by atoms with Gasteiger partial charge in [-0.1, -0.05) is 0 Å². The van der Waals surface area contributed by atoms with E-state index in [0.717, 1.165) is 12.8 Å². The zero-order chi connectivity index (χ0) is 7.40. The molecule has 1 atom stereocenters. The molecule has 10 heavy (non-hydrogen) atoms. The number of rotatable bonds is 3. The van der Waals surface area contributed by atoms with E-state index in [4.69, 9.17) is 5.11 Å². The van der Waals surface area contributed by atoms with E-state index < -0.39 is 0 Å². The minimum atomic E-state index is -0.193. The molecule has 0 aliphatic heterocycles. The topological polar surface area (TPSA) is 33.1 Å². The zero-order valence-corrected chi connectivity index (χ0v) is 6.77. The molecule has 0 aliphatic carbocycles. The second-order valence-electron chi connectivity index (χ2n) is 2.37. The number of aryl methyl sites for hydroxylation is 1. The van der Waals surface area contributed by atoms with Gasteiger partial charge in [-0.15, -0.1) is 0 Å². The van der Waals surface area contributed by atoms with E-state index in [9.17, 15) is 0 Å². The molecule has 0 fully saturated rings. The molecule has 0 saturated heterocycles. The van der Waals surface area contributed by atoms with E-state index in [0.29, 0.717) is 0 Å². The predicted octanol–water partition coefficient (Wildman–Crippen LogP) is 1.46. The van der Waals surface area contributed by atoms with Crippen molar-refractivity contribution in [3.8, 4) is 0 Å². The molecule has 0 aliphatic rings. The van der Waals surface area contributed by atoms with Crippen molar-refractivity contribution < 1.29 is 5.11 Å². The summed E-state index contributed by atoms with van der Waals surface area (Å²) in [5.41, 5.74) is 0. The Kier molecular flexibility index (Phi) is 2.83. The smallest absolute Gasteiger partial charge is 0.0515 e. The minimum absolute atomic E-state index is 0.193. The average molecular weight is 157 g/mol. The van der Waals surface area contributed by atoms with Gasteiger partial charge in [-0.2, -0.15) is 0 Å². The van der Waals surface area contributed by atoms with Crippen molar-refractivity contribution in [3.63, 3.8) is 0 Å². The maximum atomic E-state index is 8.94. The fraction of sp³-hybridized carbons (Fsp3) is 0.571. The molecule has 1 N–H and O–H groups in total. The standard InChI is InChI=1S/C7H11NOS/c1-6(9)2-3-7-4-5-8-10-7/h4-6,9H,2-3H2,1H3. The summed E-state index contributed by atoms with van der Waals surface area (Å²) < 4.78 is 3.96. The number of hydrogen-bond donors (Lipinski definition) is 1. The Bertz CT molecular complexity index is 172. The zero-order valence-electron chi connectivity index (χ0n) is 5.95. The van der Waals surface area contributed by atoms with Crippen molar-refractivity contribution in [2.45, 2.75) is 25.9 Å². The van der Waals surface area contributed by atoms with Crippen LogP contribution in [0.25, 0.3) is 0 Å². The summed E-state index contributed by atoms with van der Waals surface area (Å²) in [6, 6.07) is 1.99. The summed E-state index contributed by atoms with van der Waals surface area (Å²) in [4.78, 5) is 1.25. The Morgan fingerprint density at radius 2 is 2.60 bits per heavy atom. The number of hydrogen-bond acceptors (Lipinski definition) is 3. The van der Waals surface area contributed by atoms with Gasteiger partial charge in [0, 0.05) is 11.1 Å². The van der Waals surface area contributed by atoms with Crippen molar-refractivity contribution in [2.75, 3.05) is 0 Å². The second kappa shape index (κ2) is 3.68. The van der Waals surface area contributed by atoms with Gasteiger partial charge in [0.2, 0.25) is 0 Å². The van der Waals surface area contributed by atoms with E-state index in [-0.39, 0.29) is 6.10 Å². The summed E-state index contributed by atoms with van der Waals surface area (Å²) in [5, 5.41) is 8.94. The normalized spacial score (nSPS) is 13.4. The molecule has 56 valence electrons. The third-order valence-electron chi connectivity index (χ3n) is 1.30. The third-order valence-corrected chi connectivity index (χ3v) is 2.10. The fourth-order valence-electron chi connectivity index (χ4n) is 0.722. The highest BCUT2D eigenvalue weighted by atomic mass is 32.1. The fourth-order valence-corrected chi connectivity index (χ4v) is 1.31. The van der Waals surface area contributed by atoms with Crippen LogP contribution in [0.4, 0.5) is 0 Å². The highest BCUT2D eigenvalue weighted by Crippen LogP contribution is 2.08. The SMILES string of the molecule is CC(O)CCc1ccns1. The van der Waals surface area contributed by atoms with Crippen molar-refractivity contribution in [2.24, 2.45) is 0 Å². The lowest BCUT2D eigenvalue weighted by molar-refractivity contribution is 0.185. The van der Waals surface area contributed by atoms with Crippen LogP contribution in [-0.4, -0.2) is 15.6 Å². The molecule has 0 radical (unpaired) electrons. The van der Waals surface area contributed by atoms with E-state index in [2.05, 4.69) is 4.37 Å². The van der Waals surface area contributed by atoms with Gasteiger partial charge in [0.05, 0.1) is 6.10 Å². The number of nitrogens with zero attached hydrogens (tertiary/aromatic N) is 1. The van der Waals surface area contributed by atoms with Gasteiger partial charge in [-0.3, -0.25) is 0 Å². The lowest BCUT2D eigenvalue weighted by atomic mass is 10.2. The van der Waals surface area contributed by atoms with Crippen LogP contribution in [0.5, 0.6) is 0 Å². The molecular weight excluding hydrogens is 146 g/mol. The first kappa shape index (κ1) is 7.69. The Hall–Kier alpha value is -0.410. The Morgan fingerprint density at radius 3 is 3.10 bits per heavy atom. The highest BCUT2D eigenvalue weighted by Gasteiger charge is 1.97. The van der Waals surface area contributed by atoms with Crippen molar-refractivity contribution in [1.82, 2.24) is 4.37 Å². The summed E-state index contributed by atoms with van der Waals surface area (Å²) in [6.45, 7) is 1.81. The molecule has 0 amide bonds. The number of aliphatic hydroxyl groups excluding tert-OH is 1. The Labute approximate surface area is 64.7 Å². The first-order valence-electron chi connectivity index (χ1n) is 3.36. The molecular formula is C7H11NOS. The molecule has 1 rings (SSSR count). The summed E-state index contributed by atoms with van der Waals surface area (Å²) in [6.07, 6.45) is 3.38. The van der Waals surface area contributed by atoms with E-state index >= 15 is 0 Å². The summed E-state index contributed by atoms with van der Waals surface area (Å²) >= 11 is 1.50. The largest absolute Gasteiger partial charge is 0.393 e. The molecule has 1 aromatic heterocycles. The lowest BCUT2D eigenvalue weighted by Crippen LogP contribution is -1.99. The van der Waals surface area contributed by atoms with Gasteiger partial charge in [-0.05, 0) is 37.4 Å². The second-order valence-corrected chi connectivity index (χ2v) is 3.28. The first-order valence-corrected chi connectivity index (χ1v) is 4.14. The average Bonchev–Trinajstić information content (AvgIpc) is 2.34. The van der Waals surface area contributed by atoms with Gasteiger partial charge in [0.15, 0.2) is 0 Å². The van der Waals surface area contributed by atoms with Gasteiger partial charge < -0.3 is 5.11 Å². The van der Waals surface area contributed by atoms with Crippen LogP contribution >= 0.6 is 11.5 Å². The highest BCUT2D eigenvalue weighted by molar-refractivity contribution is 7.05.